The maximum absolute atomic E-state index is 12.4. The van der Waals surface area contributed by atoms with E-state index in [1.54, 1.807) is 0 Å². The molecule has 0 bridgehead atoms. The minimum absolute atomic E-state index is 0.392. The molecule has 0 spiro atoms. The van der Waals surface area contributed by atoms with Gasteiger partial charge in [-0.15, -0.1) is 0 Å². The van der Waals surface area contributed by atoms with E-state index in [0.29, 0.717) is 0 Å². The van der Waals surface area contributed by atoms with Crippen molar-refractivity contribution in [3.63, 3.8) is 0 Å². The summed E-state index contributed by atoms with van der Waals surface area (Å²) in [6.07, 6.45) is 0. The molecule has 1 aromatic rings. The highest BCUT2D eigenvalue weighted by molar-refractivity contribution is 9.09. The van der Waals surface area contributed by atoms with Crippen LogP contribution in [0.5, 0.6) is 0 Å². The van der Waals surface area contributed by atoms with Gasteiger partial charge >= 0.3 is 0 Å². The van der Waals surface area contributed by atoms with E-state index in [0.717, 1.165) is 5.56 Å². The van der Waals surface area contributed by atoms with Crippen LogP contribution < -0.4 is 0 Å². The molecule has 1 atom stereocenters. The topological polar surface area (TPSA) is 0 Å². The summed E-state index contributed by atoms with van der Waals surface area (Å²) < 4.78 is 11.9. The maximum Gasteiger partial charge on any atom is 0.109 e. The van der Waals surface area contributed by atoms with Gasteiger partial charge < -0.3 is 0 Å². The molecule has 0 saturated carbocycles. The Bertz CT molecular complexity index is 218. The second-order valence-electron chi connectivity index (χ2n) is 2.70. The normalized spacial score (nSPS) is 15.9. The van der Waals surface area contributed by atoms with Crippen LogP contribution in [0.4, 0.5) is 4.39 Å². The van der Waals surface area contributed by atoms with Gasteiger partial charge in [-0.05, 0) is 12.5 Å². The molecule has 1 aromatic carbocycles. The lowest BCUT2D eigenvalue weighted by atomic mass is 10.0. The molecule has 1 unspecified atom stereocenters. The molecule has 0 aliphatic carbocycles. The first kappa shape index (κ1) is 8.72. The second kappa shape index (κ2) is 3.35. The van der Waals surface area contributed by atoms with Crippen LogP contribution in [0.15, 0.2) is 30.3 Å². The highest BCUT2D eigenvalue weighted by atomic mass is 79.9. The summed E-state index contributed by atoms with van der Waals surface area (Å²) in [6, 6.07) is 9.56. The average molecular weight is 217 g/mol. The molecule has 11 heavy (non-hydrogen) atoms. The molecule has 0 aromatic heterocycles. The maximum atomic E-state index is 12.4. The largest absolute Gasteiger partial charge is 0.249 e. The zero-order valence-corrected chi connectivity index (χ0v) is 7.94. The van der Waals surface area contributed by atoms with Gasteiger partial charge in [0, 0.05) is 0 Å². The van der Waals surface area contributed by atoms with E-state index in [2.05, 4.69) is 15.9 Å². The van der Waals surface area contributed by atoms with Gasteiger partial charge in [-0.3, -0.25) is 0 Å². The number of hydrogen-bond donors (Lipinski definition) is 0. The summed E-state index contributed by atoms with van der Waals surface area (Å²) in [5.74, 6) is 0. The predicted molar refractivity (Wildman–Crippen MR) is 48.7 cm³/mol. The summed E-state index contributed by atoms with van der Waals surface area (Å²) in [5.41, 5.74) is 0.975. The van der Waals surface area contributed by atoms with Gasteiger partial charge in [0.05, 0.1) is 4.32 Å². The van der Waals surface area contributed by atoms with Crippen molar-refractivity contribution in [2.24, 2.45) is 0 Å². The van der Waals surface area contributed by atoms with E-state index in [9.17, 15) is 4.39 Å². The lowest BCUT2D eigenvalue weighted by molar-refractivity contribution is 0.427. The molecule has 0 amide bonds. The average Bonchev–Trinajstić information content (AvgIpc) is 2.06. The fraction of sp³-hybridized carbons (Fsp3) is 0.333. The Balaban J connectivity index is 2.93. The van der Waals surface area contributed by atoms with Crippen molar-refractivity contribution in [1.29, 1.82) is 0 Å². The van der Waals surface area contributed by atoms with Gasteiger partial charge in [-0.25, -0.2) is 4.39 Å². The quantitative estimate of drug-likeness (QED) is 0.667. The predicted octanol–water partition coefficient (Wildman–Crippen LogP) is 3.27. The molecule has 0 N–H and O–H groups in total. The molecular weight excluding hydrogens is 207 g/mol. The van der Waals surface area contributed by atoms with E-state index in [-0.39, 0.29) is 0 Å². The third-order valence-electron chi connectivity index (χ3n) is 1.63. The number of hydrogen-bond acceptors (Lipinski definition) is 0. The van der Waals surface area contributed by atoms with Gasteiger partial charge in [0.1, 0.15) is 6.67 Å². The monoisotopic (exact) mass is 216 g/mol. The van der Waals surface area contributed by atoms with Crippen LogP contribution in [0.2, 0.25) is 0 Å². The van der Waals surface area contributed by atoms with Crippen LogP contribution in [0.25, 0.3) is 0 Å². The van der Waals surface area contributed by atoms with Crippen LogP contribution in [0.1, 0.15) is 12.5 Å². The summed E-state index contributed by atoms with van der Waals surface area (Å²) in [5, 5.41) is 0. The SMILES string of the molecule is CC(Br)(CF)c1ccccc1. The first-order valence-electron chi connectivity index (χ1n) is 3.47. The van der Waals surface area contributed by atoms with Gasteiger partial charge in [-0.1, -0.05) is 46.3 Å². The first-order chi connectivity index (χ1) is 5.17. The van der Waals surface area contributed by atoms with Crippen LogP contribution in [0.3, 0.4) is 0 Å². The number of benzene rings is 1. The third kappa shape index (κ3) is 2.03. The molecule has 0 saturated heterocycles. The first-order valence-corrected chi connectivity index (χ1v) is 4.26. The standard InChI is InChI=1S/C9H10BrF/c1-9(10,7-11)8-5-3-2-4-6-8/h2-6H,7H2,1H3. The second-order valence-corrected chi connectivity index (χ2v) is 4.45. The van der Waals surface area contributed by atoms with Gasteiger partial charge in [-0.2, -0.15) is 0 Å². The zero-order chi connectivity index (χ0) is 8.32. The van der Waals surface area contributed by atoms with E-state index in [1.807, 2.05) is 37.3 Å². The van der Waals surface area contributed by atoms with Crippen molar-refractivity contribution >= 4 is 15.9 Å². The van der Waals surface area contributed by atoms with E-state index >= 15 is 0 Å². The number of alkyl halides is 2. The third-order valence-corrected chi connectivity index (χ3v) is 2.30. The van der Waals surface area contributed by atoms with Crippen molar-refractivity contribution < 1.29 is 4.39 Å². The summed E-state index contributed by atoms with van der Waals surface area (Å²) >= 11 is 3.31. The highest BCUT2D eigenvalue weighted by Gasteiger charge is 2.21. The molecule has 1 rings (SSSR count). The number of halogens is 2. The van der Waals surface area contributed by atoms with Crippen molar-refractivity contribution in [2.45, 2.75) is 11.2 Å². The van der Waals surface area contributed by atoms with E-state index in [1.165, 1.54) is 0 Å². The van der Waals surface area contributed by atoms with Gasteiger partial charge in [0.15, 0.2) is 0 Å². The lowest BCUT2D eigenvalue weighted by Crippen LogP contribution is -2.14. The molecule has 60 valence electrons. The Morgan fingerprint density at radius 1 is 1.36 bits per heavy atom. The van der Waals surface area contributed by atoms with Crippen LogP contribution in [-0.4, -0.2) is 6.67 Å². The summed E-state index contributed by atoms with van der Waals surface area (Å²) in [4.78, 5) is 0. The molecule has 0 heterocycles. The fourth-order valence-electron chi connectivity index (χ4n) is 0.863. The van der Waals surface area contributed by atoms with Crippen LogP contribution >= 0.6 is 15.9 Å². The van der Waals surface area contributed by atoms with Gasteiger partial charge in [0.25, 0.3) is 0 Å². The van der Waals surface area contributed by atoms with Crippen LogP contribution in [0, 0.1) is 0 Å². The smallest absolute Gasteiger partial charge is 0.109 e. The summed E-state index contributed by atoms with van der Waals surface area (Å²) in [7, 11) is 0. The van der Waals surface area contributed by atoms with Crippen molar-refractivity contribution in [3.8, 4) is 0 Å². The zero-order valence-electron chi connectivity index (χ0n) is 6.35. The molecule has 2 heteroatoms. The van der Waals surface area contributed by atoms with Crippen molar-refractivity contribution in [1.82, 2.24) is 0 Å². The molecular formula is C9H10BrF. The lowest BCUT2D eigenvalue weighted by Gasteiger charge is -2.18. The Hall–Kier alpha value is -0.370. The van der Waals surface area contributed by atoms with Crippen molar-refractivity contribution in [2.75, 3.05) is 6.67 Å². The fourth-order valence-corrected chi connectivity index (χ4v) is 1.13. The molecule has 0 aliphatic heterocycles. The Morgan fingerprint density at radius 3 is 2.36 bits per heavy atom. The molecule has 0 aliphatic rings. The Morgan fingerprint density at radius 2 is 1.91 bits per heavy atom. The van der Waals surface area contributed by atoms with Gasteiger partial charge in [0.2, 0.25) is 0 Å². The van der Waals surface area contributed by atoms with E-state index in [4.69, 9.17) is 0 Å². The minimum atomic E-state index is -0.520. The Kier molecular flexibility index (Phi) is 2.66. The molecule has 0 fully saturated rings. The number of rotatable bonds is 2. The minimum Gasteiger partial charge on any atom is -0.249 e. The highest BCUT2D eigenvalue weighted by Crippen LogP contribution is 2.30. The Labute approximate surface area is 74.6 Å². The van der Waals surface area contributed by atoms with Crippen LogP contribution in [-0.2, 0) is 4.32 Å². The molecule has 0 nitrogen and oxygen atoms in total. The van der Waals surface area contributed by atoms with E-state index < -0.39 is 11.0 Å². The molecule has 0 radical (unpaired) electrons. The summed E-state index contributed by atoms with van der Waals surface area (Å²) in [6.45, 7) is 1.43. The van der Waals surface area contributed by atoms with Crippen molar-refractivity contribution in [3.05, 3.63) is 35.9 Å².